The highest BCUT2D eigenvalue weighted by atomic mass is 32.2. The molecular formula is C23H26N6O2S2. The standard InChI is InChI=1S/C23H26N6O2S2/c1-16(27-10-4-3-5-11-27)21-25-26-23(29(21)18-6-8-19(31-2)9-7-18)33-15-17-14-20(30)28-12-13-32-22(28)24-17/h6-9,12-14,16H,3-5,10-11,15H2,1-2H3/t16-/m0/s1. The minimum atomic E-state index is -0.0621. The van der Waals surface area contributed by atoms with E-state index < -0.39 is 0 Å². The maximum absolute atomic E-state index is 12.4. The van der Waals surface area contributed by atoms with Crippen LogP contribution in [-0.4, -0.2) is 49.2 Å². The van der Waals surface area contributed by atoms with Crippen molar-refractivity contribution >= 4 is 28.1 Å². The van der Waals surface area contributed by atoms with E-state index in [9.17, 15) is 4.79 Å². The van der Waals surface area contributed by atoms with Crippen LogP contribution in [0.3, 0.4) is 0 Å². The fourth-order valence-electron chi connectivity index (χ4n) is 4.19. The Morgan fingerprint density at radius 3 is 2.70 bits per heavy atom. The second-order valence-electron chi connectivity index (χ2n) is 8.08. The summed E-state index contributed by atoms with van der Waals surface area (Å²) < 4.78 is 9.03. The number of thioether (sulfide) groups is 1. The second-order valence-corrected chi connectivity index (χ2v) is 9.89. The molecule has 0 bridgehead atoms. The van der Waals surface area contributed by atoms with Gasteiger partial charge in [-0.15, -0.1) is 21.5 Å². The van der Waals surface area contributed by atoms with Crippen molar-refractivity contribution in [2.24, 2.45) is 0 Å². The first-order valence-corrected chi connectivity index (χ1v) is 12.9. The van der Waals surface area contributed by atoms with Gasteiger partial charge in [-0.25, -0.2) is 4.98 Å². The van der Waals surface area contributed by atoms with Gasteiger partial charge in [0.05, 0.1) is 18.8 Å². The first-order chi connectivity index (χ1) is 16.1. The highest BCUT2D eigenvalue weighted by Crippen LogP contribution is 2.31. The van der Waals surface area contributed by atoms with E-state index in [1.54, 1.807) is 35.5 Å². The van der Waals surface area contributed by atoms with Crippen LogP contribution in [0.15, 0.2) is 51.9 Å². The molecule has 0 N–H and O–H groups in total. The fraction of sp³-hybridized carbons (Fsp3) is 0.391. The van der Waals surface area contributed by atoms with Crippen LogP contribution in [-0.2, 0) is 5.75 Å². The number of aromatic nitrogens is 5. The van der Waals surface area contributed by atoms with E-state index in [-0.39, 0.29) is 11.6 Å². The molecule has 0 radical (unpaired) electrons. The molecule has 1 fully saturated rings. The van der Waals surface area contributed by atoms with Gasteiger partial charge in [0.1, 0.15) is 5.75 Å². The number of ether oxygens (including phenoxy) is 1. The van der Waals surface area contributed by atoms with Crippen molar-refractivity contribution in [2.45, 2.75) is 43.1 Å². The average molecular weight is 483 g/mol. The van der Waals surface area contributed by atoms with Crippen molar-refractivity contribution < 1.29 is 4.74 Å². The van der Waals surface area contributed by atoms with E-state index in [0.717, 1.165) is 41.2 Å². The Bertz CT molecular complexity index is 1290. The molecule has 4 aromatic rings. The van der Waals surface area contributed by atoms with Gasteiger partial charge in [-0.05, 0) is 57.1 Å². The van der Waals surface area contributed by atoms with Gasteiger partial charge < -0.3 is 4.74 Å². The lowest BCUT2D eigenvalue weighted by atomic mass is 10.1. The summed E-state index contributed by atoms with van der Waals surface area (Å²) in [5, 5.41) is 11.8. The van der Waals surface area contributed by atoms with Crippen molar-refractivity contribution in [1.82, 2.24) is 29.0 Å². The molecule has 0 saturated carbocycles. The van der Waals surface area contributed by atoms with Gasteiger partial charge in [0, 0.05) is 29.1 Å². The Kier molecular flexibility index (Phi) is 6.48. The molecule has 1 saturated heterocycles. The first-order valence-electron chi connectivity index (χ1n) is 11.1. The Morgan fingerprint density at radius 2 is 1.94 bits per heavy atom. The van der Waals surface area contributed by atoms with E-state index >= 15 is 0 Å². The number of rotatable bonds is 7. The lowest BCUT2D eigenvalue weighted by Crippen LogP contribution is -2.33. The summed E-state index contributed by atoms with van der Waals surface area (Å²) in [5.41, 5.74) is 1.67. The quantitative estimate of drug-likeness (QED) is 0.366. The summed E-state index contributed by atoms with van der Waals surface area (Å²) in [6.45, 7) is 4.36. The fourth-order valence-corrected chi connectivity index (χ4v) is 5.78. The lowest BCUT2D eigenvalue weighted by Gasteiger charge is -2.31. The van der Waals surface area contributed by atoms with E-state index in [1.807, 2.05) is 29.6 Å². The number of hydrogen-bond donors (Lipinski definition) is 0. The average Bonchev–Trinajstić information content (AvgIpc) is 3.50. The zero-order valence-corrected chi connectivity index (χ0v) is 20.3. The number of thiazole rings is 1. The molecule has 5 rings (SSSR count). The number of likely N-dealkylation sites (tertiary alicyclic amines) is 1. The zero-order chi connectivity index (χ0) is 22.8. The number of piperidine rings is 1. The number of methoxy groups -OCH3 is 1. The van der Waals surface area contributed by atoms with Crippen molar-refractivity contribution in [3.63, 3.8) is 0 Å². The highest BCUT2D eigenvalue weighted by molar-refractivity contribution is 7.98. The summed E-state index contributed by atoms with van der Waals surface area (Å²) in [4.78, 5) is 20.2. The summed E-state index contributed by atoms with van der Waals surface area (Å²) in [6.07, 6.45) is 5.47. The van der Waals surface area contributed by atoms with Crippen molar-refractivity contribution in [2.75, 3.05) is 20.2 Å². The molecule has 1 atom stereocenters. The molecule has 0 unspecified atom stereocenters. The largest absolute Gasteiger partial charge is 0.497 e. The minimum Gasteiger partial charge on any atom is -0.497 e. The van der Waals surface area contributed by atoms with E-state index in [1.165, 1.54) is 30.6 Å². The van der Waals surface area contributed by atoms with Crippen LogP contribution in [0.2, 0.25) is 0 Å². The maximum Gasteiger partial charge on any atom is 0.258 e. The third-order valence-electron chi connectivity index (χ3n) is 6.01. The molecule has 1 aliphatic heterocycles. The summed E-state index contributed by atoms with van der Waals surface area (Å²) in [7, 11) is 1.67. The molecule has 33 heavy (non-hydrogen) atoms. The van der Waals surface area contributed by atoms with Crippen LogP contribution >= 0.6 is 23.1 Å². The van der Waals surface area contributed by atoms with Crippen LogP contribution < -0.4 is 10.3 Å². The Labute approximate surface area is 200 Å². The van der Waals surface area contributed by atoms with Crippen molar-refractivity contribution in [1.29, 1.82) is 0 Å². The lowest BCUT2D eigenvalue weighted by molar-refractivity contribution is 0.167. The second kappa shape index (κ2) is 9.66. The predicted octanol–water partition coefficient (Wildman–Crippen LogP) is 4.18. The van der Waals surface area contributed by atoms with E-state index in [0.29, 0.717) is 10.7 Å². The van der Waals surface area contributed by atoms with E-state index in [2.05, 4.69) is 31.6 Å². The van der Waals surface area contributed by atoms with Crippen molar-refractivity contribution in [3.8, 4) is 11.4 Å². The highest BCUT2D eigenvalue weighted by Gasteiger charge is 2.25. The molecule has 1 aromatic carbocycles. The minimum absolute atomic E-state index is 0.0621. The predicted molar refractivity (Wildman–Crippen MR) is 131 cm³/mol. The normalized spacial score (nSPS) is 15.7. The SMILES string of the molecule is COc1ccc(-n2c(SCc3cc(=O)n4ccsc4n3)nnc2[C@H](C)N2CCCCC2)cc1. The van der Waals surface area contributed by atoms with Gasteiger partial charge in [-0.1, -0.05) is 18.2 Å². The molecule has 0 aliphatic carbocycles. The number of hydrogen-bond acceptors (Lipinski definition) is 8. The third-order valence-corrected chi connectivity index (χ3v) is 7.73. The number of nitrogens with zero attached hydrogens (tertiary/aromatic N) is 6. The van der Waals surface area contributed by atoms with Crippen LogP contribution in [0, 0.1) is 0 Å². The van der Waals surface area contributed by atoms with Gasteiger partial charge in [0.2, 0.25) is 0 Å². The third kappa shape index (κ3) is 4.55. The maximum atomic E-state index is 12.4. The molecule has 8 nitrogen and oxygen atoms in total. The Hall–Kier alpha value is -2.69. The van der Waals surface area contributed by atoms with Gasteiger partial charge >= 0.3 is 0 Å². The Balaban J connectivity index is 1.47. The van der Waals surface area contributed by atoms with Crippen LogP contribution in [0.1, 0.15) is 43.7 Å². The van der Waals surface area contributed by atoms with Crippen molar-refractivity contribution in [3.05, 3.63) is 63.8 Å². The topological polar surface area (TPSA) is 77.5 Å². The number of fused-ring (bicyclic) bond motifs is 1. The molecule has 0 amide bonds. The molecule has 4 heterocycles. The van der Waals surface area contributed by atoms with Crippen LogP contribution in [0.5, 0.6) is 5.75 Å². The number of benzene rings is 1. The van der Waals surface area contributed by atoms with Gasteiger partial charge in [0.25, 0.3) is 5.56 Å². The van der Waals surface area contributed by atoms with Gasteiger partial charge in [-0.3, -0.25) is 18.7 Å². The summed E-state index contributed by atoms with van der Waals surface area (Å²) >= 11 is 3.00. The first kappa shape index (κ1) is 22.1. The molecule has 172 valence electrons. The van der Waals surface area contributed by atoms with Crippen LogP contribution in [0.25, 0.3) is 10.6 Å². The monoisotopic (exact) mass is 482 g/mol. The van der Waals surface area contributed by atoms with Gasteiger partial charge in [-0.2, -0.15) is 0 Å². The molecule has 1 aliphatic rings. The van der Waals surface area contributed by atoms with E-state index in [4.69, 9.17) is 4.74 Å². The van der Waals surface area contributed by atoms with Crippen LogP contribution in [0.4, 0.5) is 0 Å². The molecule has 0 spiro atoms. The smallest absolute Gasteiger partial charge is 0.258 e. The summed E-state index contributed by atoms with van der Waals surface area (Å²) in [5.74, 6) is 2.27. The zero-order valence-electron chi connectivity index (χ0n) is 18.7. The summed E-state index contributed by atoms with van der Waals surface area (Å²) in [6, 6.07) is 9.71. The Morgan fingerprint density at radius 1 is 1.15 bits per heavy atom. The molecular weight excluding hydrogens is 456 g/mol. The molecule has 3 aromatic heterocycles. The molecule has 10 heteroatoms. The van der Waals surface area contributed by atoms with Gasteiger partial charge in [0.15, 0.2) is 15.9 Å².